The van der Waals surface area contributed by atoms with Crippen LogP contribution in [0.15, 0.2) is 41.1 Å². The molecule has 3 rings (SSSR count). The molecule has 1 aliphatic heterocycles. The van der Waals surface area contributed by atoms with Crippen LogP contribution in [0, 0.1) is 17.2 Å². The molecule has 7 heteroatoms. The van der Waals surface area contributed by atoms with Crippen molar-refractivity contribution < 1.29 is 4.79 Å². The summed E-state index contributed by atoms with van der Waals surface area (Å²) in [5.41, 5.74) is 1.03. The second-order valence-corrected chi connectivity index (χ2v) is 6.90. The SMILES string of the molecule is N#Cc1nccnc1N1CCC(CNC(=O)c2ccc(Br)cc2)CC1. The van der Waals surface area contributed by atoms with Gasteiger partial charge < -0.3 is 10.2 Å². The number of aromatic nitrogens is 2. The van der Waals surface area contributed by atoms with Crippen LogP contribution in [-0.2, 0) is 0 Å². The molecule has 1 fully saturated rings. The van der Waals surface area contributed by atoms with Gasteiger partial charge in [0.1, 0.15) is 6.07 Å². The van der Waals surface area contributed by atoms with E-state index in [4.69, 9.17) is 5.26 Å². The van der Waals surface area contributed by atoms with Crippen LogP contribution >= 0.6 is 15.9 Å². The third-order valence-corrected chi connectivity index (χ3v) is 4.89. The summed E-state index contributed by atoms with van der Waals surface area (Å²) >= 11 is 3.37. The molecule has 0 bridgehead atoms. The van der Waals surface area contributed by atoms with E-state index in [-0.39, 0.29) is 5.91 Å². The minimum atomic E-state index is -0.0457. The van der Waals surface area contributed by atoms with Crippen molar-refractivity contribution in [1.82, 2.24) is 15.3 Å². The topological polar surface area (TPSA) is 81.9 Å². The molecule has 0 aliphatic carbocycles. The van der Waals surface area contributed by atoms with Crippen LogP contribution in [0.3, 0.4) is 0 Å². The van der Waals surface area contributed by atoms with Gasteiger partial charge in [-0.15, -0.1) is 0 Å². The number of hydrogen-bond acceptors (Lipinski definition) is 5. The van der Waals surface area contributed by atoms with Crippen LogP contribution in [0.2, 0.25) is 0 Å². The maximum Gasteiger partial charge on any atom is 0.251 e. The molecule has 2 heterocycles. The lowest BCUT2D eigenvalue weighted by molar-refractivity contribution is 0.0945. The summed E-state index contributed by atoms with van der Waals surface area (Å²) in [5.74, 6) is 1.04. The van der Waals surface area contributed by atoms with Gasteiger partial charge in [-0.25, -0.2) is 9.97 Å². The molecule has 2 aromatic rings. The maximum atomic E-state index is 12.2. The average Bonchev–Trinajstić information content (AvgIpc) is 2.67. The number of hydrogen-bond donors (Lipinski definition) is 1. The number of anilines is 1. The van der Waals surface area contributed by atoms with Gasteiger partial charge in [0.05, 0.1) is 0 Å². The predicted octanol–water partition coefficient (Wildman–Crippen LogP) is 2.76. The van der Waals surface area contributed by atoms with Crippen molar-refractivity contribution in [2.75, 3.05) is 24.5 Å². The monoisotopic (exact) mass is 399 g/mol. The normalized spacial score (nSPS) is 14.8. The largest absolute Gasteiger partial charge is 0.354 e. The lowest BCUT2D eigenvalue weighted by Gasteiger charge is -2.32. The average molecular weight is 400 g/mol. The predicted molar refractivity (Wildman–Crippen MR) is 98.2 cm³/mol. The summed E-state index contributed by atoms with van der Waals surface area (Å²) in [5, 5.41) is 12.2. The van der Waals surface area contributed by atoms with Gasteiger partial charge in [0.15, 0.2) is 11.5 Å². The van der Waals surface area contributed by atoms with Gasteiger partial charge in [0, 0.05) is 42.1 Å². The highest BCUT2D eigenvalue weighted by molar-refractivity contribution is 9.10. The third-order valence-electron chi connectivity index (χ3n) is 4.36. The summed E-state index contributed by atoms with van der Waals surface area (Å²) in [6.07, 6.45) is 5.04. The molecule has 0 saturated carbocycles. The van der Waals surface area contributed by atoms with Crippen molar-refractivity contribution in [3.05, 3.63) is 52.4 Å². The standard InChI is InChI=1S/C18H18BrN5O/c19-15-3-1-14(2-4-15)18(25)23-12-13-5-9-24(10-6-13)17-16(11-20)21-7-8-22-17/h1-4,7-8,13H,5-6,9-10,12H2,(H,23,25). The van der Waals surface area contributed by atoms with E-state index in [0.717, 1.165) is 30.4 Å². The number of nitrogens with one attached hydrogen (secondary N) is 1. The first-order valence-corrected chi connectivity index (χ1v) is 8.96. The van der Waals surface area contributed by atoms with Crippen LogP contribution in [0.5, 0.6) is 0 Å². The second-order valence-electron chi connectivity index (χ2n) is 5.99. The second kappa shape index (κ2) is 8.08. The van der Waals surface area contributed by atoms with E-state index < -0.39 is 0 Å². The lowest BCUT2D eigenvalue weighted by atomic mass is 9.96. The molecule has 1 saturated heterocycles. The molecule has 0 unspecified atom stereocenters. The summed E-state index contributed by atoms with van der Waals surface area (Å²) in [7, 11) is 0. The van der Waals surface area contributed by atoms with E-state index in [1.807, 2.05) is 12.1 Å². The molecule has 6 nitrogen and oxygen atoms in total. The number of rotatable bonds is 4. The Hall–Kier alpha value is -2.46. The van der Waals surface area contributed by atoms with Crippen molar-refractivity contribution in [1.29, 1.82) is 5.26 Å². The quantitative estimate of drug-likeness (QED) is 0.854. The molecule has 1 amide bonds. The fourth-order valence-electron chi connectivity index (χ4n) is 2.93. The Balaban J connectivity index is 1.50. The van der Waals surface area contributed by atoms with Crippen LogP contribution in [0.1, 0.15) is 28.9 Å². The highest BCUT2D eigenvalue weighted by Gasteiger charge is 2.22. The Morgan fingerprint density at radius 1 is 1.24 bits per heavy atom. The van der Waals surface area contributed by atoms with Crippen molar-refractivity contribution in [2.24, 2.45) is 5.92 Å². The Kier molecular flexibility index (Phi) is 5.61. The summed E-state index contributed by atoms with van der Waals surface area (Å²) < 4.78 is 0.956. The van der Waals surface area contributed by atoms with Crippen molar-refractivity contribution >= 4 is 27.7 Å². The Bertz CT molecular complexity index is 779. The first-order chi connectivity index (χ1) is 12.2. The Morgan fingerprint density at radius 2 is 1.92 bits per heavy atom. The van der Waals surface area contributed by atoms with Crippen molar-refractivity contribution in [3.8, 4) is 6.07 Å². The first kappa shape index (κ1) is 17.4. The van der Waals surface area contributed by atoms with Gasteiger partial charge in [0.25, 0.3) is 5.91 Å². The number of benzene rings is 1. The van der Waals surface area contributed by atoms with Crippen molar-refractivity contribution in [3.63, 3.8) is 0 Å². The van der Waals surface area contributed by atoms with Gasteiger partial charge >= 0.3 is 0 Å². The van der Waals surface area contributed by atoms with Crippen LogP contribution in [0.25, 0.3) is 0 Å². The van der Waals surface area contributed by atoms with E-state index in [0.29, 0.717) is 29.5 Å². The fraction of sp³-hybridized carbons (Fsp3) is 0.333. The minimum absolute atomic E-state index is 0.0457. The molecule has 0 atom stereocenters. The van der Waals surface area contributed by atoms with Gasteiger partial charge in [0.2, 0.25) is 0 Å². The van der Waals surface area contributed by atoms with E-state index in [9.17, 15) is 4.79 Å². The van der Waals surface area contributed by atoms with Gasteiger partial charge in [-0.2, -0.15) is 5.26 Å². The minimum Gasteiger partial charge on any atom is -0.354 e. The van der Waals surface area contributed by atoms with Crippen LogP contribution in [0.4, 0.5) is 5.82 Å². The van der Waals surface area contributed by atoms with E-state index in [1.165, 1.54) is 6.20 Å². The Morgan fingerprint density at radius 3 is 2.60 bits per heavy atom. The molecule has 1 aromatic carbocycles. The van der Waals surface area contributed by atoms with Crippen LogP contribution in [-0.4, -0.2) is 35.5 Å². The van der Waals surface area contributed by atoms with Crippen molar-refractivity contribution in [2.45, 2.75) is 12.8 Å². The fourth-order valence-corrected chi connectivity index (χ4v) is 3.19. The summed E-state index contributed by atoms with van der Waals surface area (Å²) in [4.78, 5) is 22.6. The number of amides is 1. The highest BCUT2D eigenvalue weighted by Crippen LogP contribution is 2.23. The Labute approximate surface area is 155 Å². The summed E-state index contributed by atoms with van der Waals surface area (Å²) in [6, 6.07) is 9.43. The molecule has 1 N–H and O–H groups in total. The number of halogens is 1. The van der Waals surface area contributed by atoms with Crippen LogP contribution < -0.4 is 10.2 Å². The number of piperidine rings is 1. The maximum absolute atomic E-state index is 12.2. The van der Waals surface area contributed by atoms with Gasteiger partial charge in [-0.1, -0.05) is 15.9 Å². The number of nitriles is 1. The zero-order valence-corrected chi connectivity index (χ0v) is 15.2. The zero-order chi connectivity index (χ0) is 17.6. The number of carbonyl (C=O) groups is 1. The number of nitrogens with zero attached hydrogens (tertiary/aromatic N) is 4. The molecule has 0 radical (unpaired) electrons. The third kappa shape index (κ3) is 4.34. The molecule has 128 valence electrons. The summed E-state index contributed by atoms with van der Waals surface area (Å²) in [6.45, 7) is 2.28. The molecular formula is C18H18BrN5O. The smallest absolute Gasteiger partial charge is 0.251 e. The zero-order valence-electron chi connectivity index (χ0n) is 13.7. The lowest BCUT2D eigenvalue weighted by Crippen LogP contribution is -2.39. The molecule has 1 aromatic heterocycles. The molecular weight excluding hydrogens is 382 g/mol. The molecule has 0 spiro atoms. The van der Waals surface area contributed by atoms with Gasteiger partial charge in [-0.3, -0.25) is 4.79 Å². The first-order valence-electron chi connectivity index (χ1n) is 8.17. The van der Waals surface area contributed by atoms with E-state index in [1.54, 1.807) is 18.3 Å². The van der Waals surface area contributed by atoms with Gasteiger partial charge in [-0.05, 0) is 43.0 Å². The van der Waals surface area contributed by atoms with E-state index in [2.05, 4.69) is 42.2 Å². The highest BCUT2D eigenvalue weighted by atomic mass is 79.9. The molecule has 1 aliphatic rings. The molecule has 25 heavy (non-hydrogen) atoms. The van der Waals surface area contributed by atoms with E-state index >= 15 is 0 Å². The number of carbonyl (C=O) groups excluding carboxylic acids is 1.